The fraction of sp³-hybridized carbons (Fsp3) is 0.923. The van der Waals surface area contributed by atoms with Crippen molar-refractivity contribution < 1.29 is 4.79 Å². The molecule has 3 rings (SSSR count). The van der Waals surface area contributed by atoms with E-state index in [2.05, 4.69) is 5.32 Å². The van der Waals surface area contributed by atoms with Gasteiger partial charge in [-0.1, -0.05) is 6.42 Å². The molecule has 3 nitrogen and oxygen atoms in total. The molecule has 0 radical (unpaired) electrons. The molecule has 3 N–H and O–H groups in total. The van der Waals surface area contributed by atoms with Gasteiger partial charge in [-0.05, 0) is 50.4 Å². The number of nitrogens with two attached hydrogens (primary N) is 1. The largest absolute Gasteiger partial charge is 0.353 e. The lowest BCUT2D eigenvalue weighted by Gasteiger charge is -2.22. The van der Waals surface area contributed by atoms with Crippen molar-refractivity contribution in [2.75, 3.05) is 0 Å². The van der Waals surface area contributed by atoms with Gasteiger partial charge in [0.1, 0.15) is 0 Å². The Balaban J connectivity index is 1.57. The van der Waals surface area contributed by atoms with Crippen molar-refractivity contribution in [2.24, 2.45) is 23.5 Å². The normalized spacial score (nSPS) is 34.4. The van der Waals surface area contributed by atoms with E-state index in [1.54, 1.807) is 0 Å². The summed E-state index contributed by atoms with van der Waals surface area (Å²) in [6, 6.07) is 0.597. The molecule has 0 spiro atoms. The molecule has 0 aliphatic heterocycles. The lowest BCUT2D eigenvalue weighted by atomic mass is 10.0. The standard InChI is InChI=1S/C13H22N2O/c14-11-3-1-2-10(11)13(16)15-12(8-4-5-8)9-6-7-9/h8-12H,1-7,14H2,(H,15,16). The van der Waals surface area contributed by atoms with Crippen LogP contribution in [0.1, 0.15) is 44.9 Å². The highest BCUT2D eigenvalue weighted by Crippen LogP contribution is 2.44. The molecule has 90 valence electrons. The zero-order chi connectivity index (χ0) is 11.1. The lowest BCUT2D eigenvalue weighted by molar-refractivity contribution is -0.126. The van der Waals surface area contributed by atoms with Crippen molar-refractivity contribution in [1.29, 1.82) is 0 Å². The molecule has 1 amide bonds. The molecule has 0 aromatic carbocycles. The monoisotopic (exact) mass is 222 g/mol. The maximum Gasteiger partial charge on any atom is 0.224 e. The van der Waals surface area contributed by atoms with E-state index in [1.165, 1.54) is 25.7 Å². The van der Waals surface area contributed by atoms with Crippen LogP contribution in [0.15, 0.2) is 0 Å². The van der Waals surface area contributed by atoms with E-state index in [9.17, 15) is 4.79 Å². The van der Waals surface area contributed by atoms with Crippen LogP contribution in [0.4, 0.5) is 0 Å². The molecule has 0 bridgehead atoms. The van der Waals surface area contributed by atoms with Gasteiger partial charge in [0.15, 0.2) is 0 Å². The van der Waals surface area contributed by atoms with Gasteiger partial charge in [-0.3, -0.25) is 4.79 Å². The topological polar surface area (TPSA) is 55.1 Å². The van der Waals surface area contributed by atoms with Gasteiger partial charge < -0.3 is 11.1 Å². The van der Waals surface area contributed by atoms with Gasteiger partial charge in [0.25, 0.3) is 0 Å². The maximum absolute atomic E-state index is 12.1. The predicted octanol–water partition coefficient (Wildman–Crippen LogP) is 1.42. The van der Waals surface area contributed by atoms with Crippen LogP contribution in [0.2, 0.25) is 0 Å². The second kappa shape index (κ2) is 4.02. The van der Waals surface area contributed by atoms with E-state index in [4.69, 9.17) is 5.73 Å². The number of nitrogens with one attached hydrogen (secondary N) is 1. The number of rotatable bonds is 4. The summed E-state index contributed by atoms with van der Waals surface area (Å²) in [5.74, 6) is 1.91. The van der Waals surface area contributed by atoms with E-state index >= 15 is 0 Å². The molecule has 0 aromatic rings. The lowest BCUT2D eigenvalue weighted by Crippen LogP contribution is -2.45. The highest BCUT2D eigenvalue weighted by atomic mass is 16.2. The summed E-state index contributed by atoms with van der Waals surface area (Å²) in [4.78, 5) is 12.1. The Kier molecular flexibility index (Phi) is 2.66. The van der Waals surface area contributed by atoms with Crippen LogP contribution < -0.4 is 11.1 Å². The molecule has 2 unspecified atom stereocenters. The fourth-order valence-electron chi connectivity index (χ4n) is 3.12. The van der Waals surface area contributed by atoms with Gasteiger partial charge in [-0.25, -0.2) is 0 Å². The maximum atomic E-state index is 12.1. The molecule has 3 aliphatic rings. The summed E-state index contributed by atoms with van der Waals surface area (Å²) in [5.41, 5.74) is 5.98. The third-order valence-electron chi connectivity index (χ3n) is 4.47. The van der Waals surface area contributed by atoms with E-state index in [-0.39, 0.29) is 17.9 Å². The molecule has 3 aliphatic carbocycles. The Morgan fingerprint density at radius 2 is 1.69 bits per heavy atom. The predicted molar refractivity (Wildman–Crippen MR) is 62.7 cm³/mol. The van der Waals surface area contributed by atoms with Gasteiger partial charge in [0, 0.05) is 12.1 Å². The molecule has 0 heterocycles. The Morgan fingerprint density at radius 3 is 2.12 bits per heavy atom. The number of hydrogen-bond acceptors (Lipinski definition) is 2. The van der Waals surface area contributed by atoms with E-state index in [0.29, 0.717) is 6.04 Å². The summed E-state index contributed by atoms with van der Waals surface area (Å²) in [7, 11) is 0. The summed E-state index contributed by atoms with van der Waals surface area (Å²) >= 11 is 0. The van der Waals surface area contributed by atoms with Crippen molar-refractivity contribution in [1.82, 2.24) is 5.32 Å². The molecule has 0 saturated heterocycles. The first kappa shape index (κ1) is 10.6. The Hall–Kier alpha value is -0.570. The van der Waals surface area contributed by atoms with E-state index in [0.717, 1.165) is 31.1 Å². The van der Waals surface area contributed by atoms with Gasteiger partial charge in [-0.15, -0.1) is 0 Å². The average Bonchev–Trinajstić information content (AvgIpc) is 3.14. The molecule has 2 atom stereocenters. The minimum absolute atomic E-state index is 0.0972. The first-order valence-electron chi connectivity index (χ1n) is 6.81. The van der Waals surface area contributed by atoms with Gasteiger partial charge >= 0.3 is 0 Å². The van der Waals surface area contributed by atoms with Crippen LogP contribution >= 0.6 is 0 Å². The summed E-state index contributed by atoms with van der Waals surface area (Å²) in [6.07, 6.45) is 8.41. The van der Waals surface area contributed by atoms with Crippen LogP contribution in [-0.4, -0.2) is 18.0 Å². The molecule has 0 aromatic heterocycles. The van der Waals surface area contributed by atoms with Crippen LogP contribution in [0.5, 0.6) is 0 Å². The summed E-state index contributed by atoms with van der Waals surface area (Å²) in [6.45, 7) is 0. The van der Waals surface area contributed by atoms with Crippen molar-refractivity contribution in [3.63, 3.8) is 0 Å². The van der Waals surface area contributed by atoms with Crippen molar-refractivity contribution in [2.45, 2.75) is 57.0 Å². The molecule has 3 heteroatoms. The zero-order valence-corrected chi connectivity index (χ0v) is 9.82. The van der Waals surface area contributed by atoms with Crippen molar-refractivity contribution in [3.8, 4) is 0 Å². The first-order valence-corrected chi connectivity index (χ1v) is 6.81. The summed E-state index contributed by atoms with van der Waals surface area (Å²) < 4.78 is 0. The minimum Gasteiger partial charge on any atom is -0.353 e. The van der Waals surface area contributed by atoms with Crippen LogP contribution in [-0.2, 0) is 4.79 Å². The highest BCUT2D eigenvalue weighted by Gasteiger charge is 2.43. The summed E-state index contributed by atoms with van der Waals surface area (Å²) in [5, 5.41) is 3.29. The third kappa shape index (κ3) is 2.10. The number of hydrogen-bond donors (Lipinski definition) is 2. The second-order valence-corrected chi connectivity index (χ2v) is 5.91. The SMILES string of the molecule is NC1CCCC1C(=O)NC(C1CC1)C1CC1. The van der Waals surface area contributed by atoms with Gasteiger partial charge in [0.05, 0.1) is 5.92 Å². The molecular formula is C13H22N2O. The molecule has 3 saturated carbocycles. The second-order valence-electron chi connectivity index (χ2n) is 5.91. The molecular weight excluding hydrogens is 200 g/mol. The van der Waals surface area contributed by atoms with Gasteiger partial charge in [0.2, 0.25) is 5.91 Å². The highest BCUT2D eigenvalue weighted by molar-refractivity contribution is 5.80. The first-order chi connectivity index (χ1) is 7.75. The van der Waals surface area contributed by atoms with Crippen LogP contribution in [0.25, 0.3) is 0 Å². The molecule has 3 fully saturated rings. The van der Waals surface area contributed by atoms with Crippen molar-refractivity contribution in [3.05, 3.63) is 0 Å². The smallest absolute Gasteiger partial charge is 0.224 e. The quantitative estimate of drug-likeness (QED) is 0.756. The van der Waals surface area contributed by atoms with E-state index in [1.807, 2.05) is 0 Å². The number of carbonyl (C=O) groups excluding carboxylic acids is 1. The van der Waals surface area contributed by atoms with E-state index < -0.39 is 0 Å². The average molecular weight is 222 g/mol. The van der Waals surface area contributed by atoms with Crippen molar-refractivity contribution >= 4 is 5.91 Å². The zero-order valence-electron chi connectivity index (χ0n) is 9.82. The third-order valence-corrected chi connectivity index (χ3v) is 4.47. The Labute approximate surface area is 97.2 Å². The Bertz CT molecular complexity index is 272. The van der Waals surface area contributed by atoms with Crippen LogP contribution in [0.3, 0.4) is 0 Å². The fourth-order valence-corrected chi connectivity index (χ4v) is 3.12. The molecule has 16 heavy (non-hydrogen) atoms. The Morgan fingerprint density at radius 1 is 1.06 bits per heavy atom. The number of carbonyl (C=O) groups is 1. The minimum atomic E-state index is 0.0972. The van der Waals surface area contributed by atoms with Gasteiger partial charge in [-0.2, -0.15) is 0 Å². The van der Waals surface area contributed by atoms with Crippen LogP contribution in [0, 0.1) is 17.8 Å². The number of amides is 1.